The molecule has 0 bridgehead atoms. The summed E-state index contributed by atoms with van der Waals surface area (Å²) in [5.74, 6) is -0.880. The summed E-state index contributed by atoms with van der Waals surface area (Å²) in [6, 6.07) is 10.8. The van der Waals surface area contributed by atoms with Gasteiger partial charge in [0, 0.05) is 11.7 Å². The molecule has 8 heteroatoms. The minimum absolute atomic E-state index is 0.0168. The van der Waals surface area contributed by atoms with Crippen LogP contribution in [0.3, 0.4) is 0 Å². The van der Waals surface area contributed by atoms with Crippen molar-refractivity contribution in [3.8, 4) is 0 Å². The van der Waals surface area contributed by atoms with E-state index in [0.29, 0.717) is 11.3 Å². The van der Waals surface area contributed by atoms with Crippen molar-refractivity contribution in [2.75, 3.05) is 5.32 Å². The topological polar surface area (TPSA) is 68.9 Å². The van der Waals surface area contributed by atoms with Gasteiger partial charge in [-0.15, -0.1) is 0 Å². The van der Waals surface area contributed by atoms with Gasteiger partial charge in [0.25, 0.3) is 0 Å². The summed E-state index contributed by atoms with van der Waals surface area (Å²) in [7, 11) is 0. The van der Waals surface area contributed by atoms with Gasteiger partial charge in [-0.05, 0) is 49.7 Å². The molecule has 140 valence electrons. The Balaban J connectivity index is 2.11. The lowest BCUT2D eigenvalue weighted by molar-refractivity contribution is 0.497. The third-order valence-electron chi connectivity index (χ3n) is 3.95. The molecule has 0 saturated heterocycles. The fourth-order valence-electron chi connectivity index (χ4n) is 2.65. The van der Waals surface area contributed by atoms with Crippen LogP contribution in [0, 0.1) is 11.6 Å². The number of hydrogen-bond acceptors (Lipinski definition) is 4. The average Bonchev–Trinajstić information content (AvgIpc) is 2.59. The molecular weight excluding hydrogens is 354 g/mol. The molecule has 1 aromatic heterocycles. The van der Waals surface area contributed by atoms with E-state index in [-0.39, 0.29) is 18.5 Å². The van der Waals surface area contributed by atoms with Crippen LogP contribution >= 0.6 is 0 Å². The smallest absolute Gasteiger partial charge is 0.325 e. The zero-order valence-corrected chi connectivity index (χ0v) is 14.8. The third-order valence-corrected chi connectivity index (χ3v) is 3.95. The summed E-state index contributed by atoms with van der Waals surface area (Å²) < 4.78 is 28.9. The highest BCUT2D eigenvalue weighted by Gasteiger charge is 2.16. The first-order valence-electron chi connectivity index (χ1n) is 8.35. The predicted octanol–water partition coefficient (Wildman–Crippen LogP) is 3.06. The molecule has 0 atom stereocenters. The van der Waals surface area contributed by atoms with Crippen molar-refractivity contribution >= 4 is 11.6 Å². The molecule has 0 spiro atoms. The minimum atomic E-state index is -0.704. The van der Waals surface area contributed by atoms with E-state index in [1.54, 1.807) is 32.0 Å². The van der Waals surface area contributed by atoms with Gasteiger partial charge in [-0.2, -0.15) is 4.98 Å². The van der Waals surface area contributed by atoms with Crippen molar-refractivity contribution in [1.82, 2.24) is 14.1 Å². The monoisotopic (exact) mass is 372 g/mol. The Labute approximate surface area is 153 Å². The van der Waals surface area contributed by atoms with Crippen molar-refractivity contribution in [2.24, 2.45) is 0 Å². The molecule has 1 N–H and O–H groups in total. The molecule has 3 aromatic rings. The maximum absolute atomic E-state index is 13.5. The van der Waals surface area contributed by atoms with Crippen LogP contribution in [0.4, 0.5) is 20.4 Å². The summed E-state index contributed by atoms with van der Waals surface area (Å²) in [5.41, 5.74) is -0.273. The van der Waals surface area contributed by atoms with Gasteiger partial charge in [0.2, 0.25) is 5.95 Å². The van der Waals surface area contributed by atoms with E-state index in [1.807, 2.05) is 0 Å². The zero-order valence-electron chi connectivity index (χ0n) is 14.8. The molecule has 0 amide bonds. The maximum Gasteiger partial charge on any atom is 0.355 e. The first kappa shape index (κ1) is 18.5. The Kier molecular flexibility index (Phi) is 5.16. The van der Waals surface area contributed by atoms with Gasteiger partial charge in [-0.25, -0.2) is 22.9 Å². The van der Waals surface area contributed by atoms with E-state index in [1.165, 1.54) is 34.9 Å². The van der Waals surface area contributed by atoms with Crippen LogP contribution in [0.1, 0.15) is 25.5 Å². The van der Waals surface area contributed by atoms with Crippen molar-refractivity contribution in [1.29, 1.82) is 0 Å². The molecule has 6 nitrogen and oxygen atoms in total. The lowest BCUT2D eigenvalue weighted by Crippen LogP contribution is -2.43. The van der Waals surface area contributed by atoms with Gasteiger partial charge < -0.3 is 5.32 Å². The molecule has 27 heavy (non-hydrogen) atoms. The fraction of sp³-hybridized carbons (Fsp3) is 0.211. The molecule has 0 saturated carbocycles. The number of anilines is 2. The van der Waals surface area contributed by atoms with E-state index in [4.69, 9.17) is 0 Å². The lowest BCUT2D eigenvalue weighted by atomic mass is 10.2. The second kappa shape index (κ2) is 7.53. The van der Waals surface area contributed by atoms with Crippen LogP contribution in [0.15, 0.2) is 58.1 Å². The van der Waals surface area contributed by atoms with Crippen molar-refractivity contribution in [3.63, 3.8) is 0 Å². The Morgan fingerprint density at radius 2 is 1.74 bits per heavy atom. The van der Waals surface area contributed by atoms with Crippen LogP contribution in [0.2, 0.25) is 0 Å². The number of halogens is 2. The molecule has 2 aromatic carbocycles. The number of nitrogens with zero attached hydrogens (tertiary/aromatic N) is 3. The number of benzene rings is 2. The summed E-state index contributed by atoms with van der Waals surface area (Å²) in [4.78, 5) is 29.1. The van der Waals surface area contributed by atoms with E-state index >= 15 is 0 Å². The normalized spacial score (nSPS) is 11.0. The highest BCUT2D eigenvalue weighted by molar-refractivity contribution is 5.53. The molecule has 0 fully saturated rings. The molecular formula is C19H18F2N4O2. The molecule has 3 rings (SSSR count). The van der Waals surface area contributed by atoms with E-state index in [2.05, 4.69) is 10.3 Å². The number of aromatic nitrogens is 3. The third kappa shape index (κ3) is 4.11. The van der Waals surface area contributed by atoms with Crippen molar-refractivity contribution in [3.05, 3.63) is 86.7 Å². The largest absolute Gasteiger partial charge is 0.355 e. The Morgan fingerprint density at radius 1 is 1.04 bits per heavy atom. The van der Waals surface area contributed by atoms with Gasteiger partial charge in [0.15, 0.2) is 0 Å². The van der Waals surface area contributed by atoms with Crippen LogP contribution in [0.25, 0.3) is 0 Å². The van der Waals surface area contributed by atoms with Crippen LogP contribution in [0.5, 0.6) is 0 Å². The van der Waals surface area contributed by atoms with Crippen LogP contribution in [-0.2, 0) is 6.54 Å². The highest BCUT2D eigenvalue weighted by atomic mass is 19.1. The van der Waals surface area contributed by atoms with Crippen LogP contribution < -0.4 is 16.7 Å². The summed E-state index contributed by atoms with van der Waals surface area (Å²) >= 11 is 0. The van der Waals surface area contributed by atoms with E-state index < -0.39 is 23.0 Å². The van der Waals surface area contributed by atoms with Gasteiger partial charge in [-0.1, -0.05) is 18.2 Å². The van der Waals surface area contributed by atoms with E-state index in [9.17, 15) is 18.4 Å². The molecule has 0 aliphatic heterocycles. The maximum atomic E-state index is 13.5. The molecule has 0 aliphatic carbocycles. The average molecular weight is 372 g/mol. The highest BCUT2D eigenvalue weighted by Crippen LogP contribution is 2.15. The Hall–Kier alpha value is -3.29. The van der Waals surface area contributed by atoms with Gasteiger partial charge in [0.05, 0.1) is 6.54 Å². The SMILES string of the molecule is CC(C)n1c(=O)nc(Nc2cccc(F)c2)n(Cc2ccc(F)cc2)c1=O. The standard InChI is InChI=1S/C19H18F2N4O2/c1-12(2)25-18(26)23-17(22-16-5-3-4-15(21)10-16)24(19(25)27)11-13-6-8-14(20)9-7-13/h3-10,12H,11H2,1-2H3,(H,22,23,26). The van der Waals surface area contributed by atoms with E-state index in [0.717, 1.165) is 4.57 Å². The fourth-order valence-corrected chi connectivity index (χ4v) is 2.65. The van der Waals surface area contributed by atoms with Crippen molar-refractivity contribution in [2.45, 2.75) is 26.4 Å². The summed E-state index contributed by atoms with van der Waals surface area (Å²) in [6.07, 6.45) is 0. The lowest BCUT2D eigenvalue weighted by Gasteiger charge is -2.17. The summed E-state index contributed by atoms with van der Waals surface area (Å²) in [6.45, 7) is 3.47. The summed E-state index contributed by atoms with van der Waals surface area (Å²) in [5, 5.41) is 2.82. The van der Waals surface area contributed by atoms with Gasteiger partial charge in [0.1, 0.15) is 11.6 Å². The molecule has 1 heterocycles. The van der Waals surface area contributed by atoms with Crippen molar-refractivity contribution < 1.29 is 8.78 Å². The number of hydrogen-bond donors (Lipinski definition) is 1. The number of rotatable bonds is 5. The first-order chi connectivity index (χ1) is 12.8. The first-order valence-corrected chi connectivity index (χ1v) is 8.35. The zero-order chi connectivity index (χ0) is 19.6. The van der Waals surface area contributed by atoms with Gasteiger partial charge in [-0.3, -0.25) is 4.57 Å². The molecule has 0 radical (unpaired) electrons. The second-order valence-electron chi connectivity index (χ2n) is 6.31. The Bertz CT molecular complexity index is 1070. The molecule has 0 aliphatic rings. The molecule has 0 unspecified atom stereocenters. The Morgan fingerprint density at radius 3 is 2.37 bits per heavy atom. The quantitative estimate of drug-likeness (QED) is 0.747. The minimum Gasteiger partial charge on any atom is -0.325 e. The van der Waals surface area contributed by atoms with Gasteiger partial charge >= 0.3 is 11.4 Å². The predicted molar refractivity (Wildman–Crippen MR) is 98.3 cm³/mol. The van der Waals surface area contributed by atoms with Crippen LogP contribution in [-0.4, -0.2) is 14.1 Å². The number of nitrogens with one attached hydrogen (secondary N) is 1. The second-order valence-corrected chi connectivity index (χ2v) is 6.31.